The fourth-order valence-electron chi connectivity index (χ4n) is 2.25. The molecule has 0 aliphatic rings. The second kappa shape index (κ2) is 5.14. The van der Waals surface area contributed by atoms with Gasteiger partial charge in [-0.2, -0.15) is 0 Å². The molecule has 20 heavy (non-hydrogen) atoms. The SMILES string of the molecule is CCCCc1nc2cnc3cc(Br)sc3c2n1C(=O)O. The van der Waals surface area contributed by atoms with Gasteiger partial charge in [-0.1, -0.05) is 13.3 Å². The average molecular weight is 354 g/mol. The zero-order valence-corrected chi connectivity index (χ0v) is 13.2. The van der Waals surface area contributed by atoms with Crippen LogP contribution in [0.15, 0.2) is 16.0 Å². The third-order valence-corrected chi connectivity index (χ3v) is 4.78. The van der Waals surface area contributed by atoms with E-state index in [9.17, 15) is 9.90 Å². The van der Waals surface area contributed by atoms with Crippen LogP contribution in [0.3, 0.4) is 0 Å². The molecule has 0 amide bonds. The van der Waals surface area contributed by atoms with Crippen LogP contribution in [0.1, 0.15) is 25.6 Å². The lowest BCUT2D eigenvalue weighted by molar-refractivity contribution is 0.196. The Morgan fingerprint density at radius 2 is 2.30 bits per heavy atom. The number of carboxylic acid groups (broad SMARTS) is 1. The molecule has 0 aromatic carbocycles. The summed E-state index contributed by atoms with van der Waals surface area (Å²) >= 11 is 4.90. The van der Waals surface area contributed by atoms with Crippen molar-refractivity contribution in [3.63, 3.8) is 0 Å². The molecule has 0 fully saturated rings. The summed E-state index contributed by atoms with van der Waals surface area (Å²) in [5.41, 5.74) is 2.07. The first-order chi connectivity index (χ1) is 9.61. The van der Waals surface area contributed by atoms with Crippen molar-refractivity contribution in [1.29, 1.82) is 0 Å². The van der Waals surface area contributed by atoms with Crippen LogP contribution >= 0.6 is 27.3 Å². The normalized spacial score (nSPS) is 11.5. The molecule has 0 saturated carbocycles. The topological polar surface area (TPSA) is 68.0 Å². The number of hydrogen-bond acceptors (Lipinski definition) is 4. The molecule has 0 saturated heterocycles. The van der Waals surface area contributed by atoms with Crippen LogP contribution in [-0.2, 0) is 6.42 Å². The van der Waals surface area contributed by atoms with Gasteiger partial charge >= 0.3 is 6.09 Å². The lowest BCUT2D eigenvalue weighted by Gasteiger charge is -2.02. The largest absolute Gasteiger partial charge is 0.464 e. The van der Waals surface area contributed by atoms with E-state index in [0.717, 1.165) is 26.8 Å². The van der Waals surface area contributed by atoms with Crippen LogP contribution in [0.25, 0.3) is 21.3 Å². The Balaban J connectivity index is 2.34. The van der Waals surface area contributed by atoms with Crippen molar-refractivity contribution < 1.29 is 9.90 Å². The van der Waals surface area contributed by atoms with E-state index < -0.39 is 6.09 Å². The molecule has 1 N–H and O–H groups in total. The van der Waals surface area contributed by atoms with Crippen LogP contribution in [0, 0.1) is 0 Å². The van der Waals surface area contributed by atoms with Gasteiger partial charge < -0.3 is 5.11 Å². The number of rotatable bonds is 3. The number of hydrogen-bond donors (Lipinski definition) is 1. The number of thiophene rings is 1. The summed E-state index contributed by atoms with van der Waals surface area (Å²) in [4.78, 5) is 20.4. The molecular formula is C13H12BrN3O2S. The fourth-order valence-corrected chi connectivity index (χ4v) is 3.83. The number of aromatic nitrogens is 3. The van der Waals surface area contributed by atoms with Gasteiger partial charge in [0.15, 0.2) is 0 Å². The summed E-state index contributed by atoms with van der Waals surface area (Å²) in [6, 6.07) is 1.89. The van der Waals surface area contributed by atoms with Gasteiger partial charge in [0.05, 0.1) is 20.2 Å². The molecule has 104 valence electrons. The minimum Gasteiger partial charge on any atom is -0.464 e. The lowest BCUT2D eigenvalue weighted by Crippen LogP contribution is -2.12. The summed E-state index contributed by atoms with van der Waals surface area (Å²) in [7, 11) is 0. The molecule has 3 aromatic rings. The number of nitrogens with zero attached hydrogens (tertiary/aromatic N) is 3. The molecule has 0 unspecified atom stereocenters. The molecule has 3 aromatic heterocycles. The Bertz CT molecular complexity index is 809. The monoisotopic (exact) mass is 353 g/mol. The highest BCUT2D eigenvalue weighted by atomic mass is 79.9. The second-order valence-electron chi connectivity index (χ2n) is 4.51. The fraction of sp³-hybridized carbons (Fsp3) is 0.308. The molecule has 0 spiro atoms. The van der Waals surface area contributed by atoms with Crippen LogP contribution in [0.2, 0.25) is 0 Å². The maximum Gasteiger partial charge on any atom is 0.417 e. The van der Waals surface area contributed by atoms with E-state index in [0.29, 0.717) is 23.3 Å². The van der Waals surface area contributed by atoms with Crippen LogP contribution in [0.5, 0.6) is 0 Å². The summed E-state index contributed by atoms with van der Waals surface area (Å²) in [6.07, 6.45) is 3.23. The van der Waals surface area contributed by atoms with Gasteiger partial charge in [-0.05, 0) is 28.4 Å². The number of halogens is 1. The standard InChI is InChI=1S/C13H12BrN3O2S/c1-2-3-4-10-16-8-6-15-7-5-9(14)20-12(7)11(8)17(10)13(18)19/h5-6H,2-4H2,1H3,(H,18,19). The van der Waals surface area contributed by atoms with E-state index in [2.05, 4.69) is 32.8 Å². The minimum atomic E-state index is -0.990. The van der Waals surface area contributed by atoms with Gasteiger partial charge in [0.2, 0.25) is 0 Å². The molecular weight excluding hydrogens is 342 g/mol. The van der Waals surface area contributed by atoms with E-state index in [1.54, 1.807) is 6.20 Å². The van der Waals surface area contributed by atoms with Crippen molar-refractivity contribution in [2.45, 2.75) is 26.2 Å². The number of imidazole rings is 1. The van der Waals surface area contributed by atoms with Crippen LogP contribution in [-0.4, -0.2) is 25.7 Å². The molecule has 0 atom stereocenters. The Morgan fingerprint density at radius 3 is 3.00 bits per heavy atom. The van der Waals surface area contributed by atoms with E-state index >= 15 is 0 Å². The zero-order chi connectivity index (χ0) is 14.3. The van der Waals surface area contributed by atoms with Crippen molar-refractivity contribution in [3.05, 3.63) is 21.9 Å². The van der Waals surface area contributed by atoms with Gasteiger partial charge in [0, 0.05) is 6.42 Å². The number of carbonyl (C=O) groups is 1. The highest BCUT2D eigenvalue weighted by Gasteiger charge is 2.19. The van der Waals surface area contributed by atoms with Crippen LogP contribution < -0.4 is 0 Å². The molecule has 0 bridgehead atoms. The Labute approximate surface area is 127 Å². The molecule has 7 heteroatoms. The van der Waals surface area contributed by atoms with Gasteiger partial charge in [-0.25, -0.2) is 14.3 Å². The molecule has 0 aliphatic heterocycles. The van der Waals surface area contributed by atoms with Crippen molar-refractivity contribution in [3.8, 4) is 0 Å². The maximum absolute atomic E-state index is 11.6. The average Bonchev–Trinajstić information content (AvgIpc) is 2.94. The van der Waals surface area contributed by atoms with Gasteiger partial charge in [-0.3, -0.25) is 4.98 Å². The highest BCUT2D eigenvalue weighted by Crippen LogP contribution is 2.34. The molecule has 3 heterocycles. The minimum absolute atomic E-state index is 0.591. The van der Waals surface area contributed by atoms with Crippen LogP contribution in [0.4, 0.5) is 4.79 Å². The molecule has 3 rings (SSSR count). The van der Waals surface area contributed by atoms with Crippen molar-refractivity contribution in [1.82, 2.24) is 14.5 Å². The molecule has 5 nitrogen and oxygen atoms in total. The van der Waals surface area contributed by atoms with Crippen molar-refractivity contribution in [2.75, 3.05) is 0 Å². The third kappa shape index (κ3) is 2.10. The van der Waals surface area contributed by atoms with E-state index in [1.165, 1.54) is 15.9 Å². The number of unbranched alkanes of at least 4 members (excludes halogenated alkanes) is 1. The summed E-state index contributed by atoms with van der Waals surface area (Å²) in [5.74, 6) is 0.591. The third-order valence-electron chi connectivity index (χ3n) is 3.14. The Morgan fingerprint density at radius 1 is 1.50 bits per heavy atom. The second-order valence-corrected chi connectivity index (χ2v) is 6.94. The number of aryl methyl sites for hydroxylation is 1. The van der Waals surface area contributed by atoms with Gasteiger partial charge in [0.1, 0.15) is 16.9 Å². The maximum atomic E-state index is 11.6. The number of pyridine rings is 1. The van der Waals surface area contributed by atoms with Gasteiger partial charge in [-0.15, -0.1) is 11.3 Å². The quantitative estimate of drug-likeness (QED) is 0.762. The van der Waals surface area contributed by atoms with E-state index in [1.807, 2.05) is 6.07 Å². The Kier molecular flexibility index (Phi) is 3.47. The summed E-state index contributed by atoms with van der Waals surface area (Å²) < 4.78 is 3.09. The predicted octanol–water partition coefficient (Wildman–Crippen LogP) is 4.28. The first-order valence-electron chi connectivity index (χ1n) is 6.30. The molecule has 0 radical (unpaired) electrons. The predicted molar refractivity (Wildman–Crippen MR) is 82.6 cm³/mol. The van der Waals surface area contributed by atoms with Crippen molar-refractivity contribution >= 4 is 54.6 Å². The zero-order valence-electron chi connectivity index (χ0n) is 10.8. The summed E-state index contributed by atoms with van der Waals surface area (Å²) in [6.45, 7) is 2.07. The highest BCUT2D eigenvalue weighted by molar-refractivity contribution is 9.11. The summed E-state index contributed by atoms with van der Waals surface area (Å²) in [5, 5.41) is 9.51. The van der Waals surface area contributed by atoms with E-state index in [-0.39, 0.29) is 0 Å². The smallest absolute Gasteiger partial charge is 0.417 e. The number of fused-ring (bicyclic) bond motifs is 3. The Hall–Kier alpha value is -1.47. The van der Waals surface area contributed by atoms with E-state index in [4.69, 9.17) is 0 Å². The first-order valence-corrected chi connectivity index (χ1v) is 7.91. The first kappa shape index (κ1) is 13.5. The lowest BCUT2D eigenvalue weighted by atomic mass is 10.2. The molecule has 0 aliphatic carbocycles. The van der Waals surface area contributed by atoms with Crippen molar-refractivity contribution in [2.24, 2.45) is 0 Å². The van der Waals surface area contributed by atoms with Gasteiger partial charge in [0.25, 0.3) is 0 Å².